The van der Waals surface area contributed by atoms with Gasteiger partial charge in [0.15, 0.2) is 0 Å². The number of aliphatic carboxylic acids is 1. The van der Waals surface area contributed by atoms with E-state index in [0.717, 1.165) is 12.5 Å². The standard InChI is InChI=1S/C13H16FNO4S/c1-9-3-4-10(14)7-11(9)20(18,19)15-13(5-2-6-13)8-12(16)17/h3-4,7,15H,2,5-6,8H2,1H3,(H,16,17). The molecule has 0 atom stereocenters. The van der Waals surface area contributed by atoms with E-state index >= 15 is 0 Å². The van der Waals surface area contributed by atoms with Gasteiger partial charge < -0.3 is 5.11 Å². The van der Waals surface area contributed by atoms with Gasteiger partial charge in [-0.1, -0.05) is 6.07 Å². The van der Waals surface area contributed by atoms with E-state index in [1.807, 2.05) is 0 Å². The second-order valence-electron chi connectivity index (χ2n) is 5.22. The summed E-state index contributed by atoms with van der Waals surface area (Å²) in [6.45, 7) is 1.57. The molecular formula is C13H16FNO4S. The van der Waals surface area contributed by atoms with Gasteiger partial charge in [-0.25, -0.2) is 17.5 Å². The third kappa shape index (κ3) is 2.99. The minimum atomic E-state index is -3.93. The second kappa shape index (κ2) is 5.14. The molecule has 1 aliphatic carbocycles. The molecule has 0 unspecified atom stereocenters. The molecule has 1 aliphatic rings. The van der Waals surface area contributed by atoms with Gasteiger partial charge in [-0.2, -0.15) is 0 Å². The van der Waals surface area contributed by atoms with Crippen LogP contribution >= 0.6 is 0 Å². The number of aryl methyl sites for hydroxylation is 1. The monoisotopic (exact) mass is 301 g/mol. The molecule has 0 aromatic heterocycles. The Morgan fingerprint density at radius 3 is 2.60 bits per heavy atom. The summed E-state index contributed by atoms with van der Waals surface area (Å²) in [6, 6.07) is 3.52. The van der Waals surface area contributed by atoms with Gasteiger partial charge in [0.1, 0.15) is 5.82 Å². The number of hydrogen-bond donors (Lipinski definition) is 2. The van der Waals surface area contributed by atoms with Crippen LogP contribution in [-0.4, -0.2) is 25.0 Å². The second-order valence-corrected chi connectivity index (χ2v) is 6.87. The molecule has 20 heavy (non-hydrogen) atoms. The molecule has 0 saturated heterocycles. The number of sulfonamides is 1. The first kappa shape index (κ1) is 14.9. The van der Waals surface area contributed by atoms with Crippen LogP contribution in [0.2, 0.25) is 0 Å². The molecule has 2 N–H and O–H groups in total. The Morgan fingerprint density at radius 2 is 2.10 bits per heavy atom. The molecule has 0 bridgehead atoms. The summed E-state index contributed by atoms with van der Waals surface area (Å²) in [5.74, 6) is -1.69. The Bertz CT molecular complexity index is 638. The number of hydrogen-bond acceptors (Lipinski definition) is 3. The number of carboxylic acid groups (broad SMARTS) is 1. The van der Waals surface area contributed by atoms with Crippen molar-refractivity contribution in [2.45, 2.75) is 43.0 Å². The molecule has 0 radical (unpaired) electrons. The lowest BCUT2D eigenvalue weighted by Gasteiger charge is -2.41. The number of carbonyl (C=O) groups is 1. The van der Waals surface area contributed by atoms with Crippen LogP contribution in [0.25, 0.3) is 0 Å². The van der Waals surface area contributed by atoms with E-state index in [1.165, 1.54) is 12.1 Å². The molecular weight excluding hydrogens is 285 g/mol. The van der Waals surface area contributed by atoms with Crippen LogP contribution in [0.5, 0.6) is 0 Å². The van der Waals surface area contributed by atoms with E-state index < -0.39 is 27.3 Å². The van der Waals surface area contributed by atoms with E-state index in [-0.39, 0.29) is 11.3 Å². The quantitative estimate of drug-likeness (QED) is 0.869. The molecule has 0 spiro atoms. The first-order valence-corrected chi connectivity index (χ1v) is 7.74. The summed E-state index contributed by atoms with van der Waals surface area (Å²) >= 11 is 0. The van der Waals surface area contributed by atoms with E-state index in [2.05, 4.69) is 4.72 Å². The minimum Gasteiger partial charge on any atom is -0.481 e. The highest BCUT2D eigenvalue weighted by atomic mass is 32.2. The first-order chi connectivity index (χ1) is 9.24. The van der Waals surface area contributed by atoms with Crippen molar-refractivity contribution in [3.63, 3.8) is 0 Å². The van der Waals surface area contributed by atoms with Crippen LogP contribution in [0, 0.1) is 12.7 Å². The fourth-order valence-corrected chi connectivity index (χ4v) is 4.13. The average molecular weight is 301 g/mol. The van der Waals surface area contributed by atoms with Crippen molar-refractivity contribution in [3.8, 4) is 0 Å². The lowest BCUT2D eigenvalue weighted by molar-refractivity contribution is -0.139. The Kier molecular flexibility index (Phi) is 3.84. The predicted molar refractivity (Wildman–Crippen MR) is 70.3 cm³/mol. The van der Waals surface area contributed by atoms with E-state index in [4.69, 9.17) is 5.11 Å². The van der Waals surface area contributed by atoms with Crippen molar-refractivity contribution in [2.75, 3.05) is 0 Å². The molecule has 1 aromatic carbocycles. The number of carboxylic acids is 1. The van der Waals surface area contributed by atoms with Gasteiger partial charge in [-0.05, 0) is 43.9 Å². The van der Waals surface area contributed by atoms with Gasteiger partial charge in [0, 0.05) is 5.54 Å². The van der Waals surface area contributed by atoms with Gasteiger partial charge in [0.05, 0.1) is 11.3 Å². The fourth-order valence-electron chi connectivity index (χ4n) is 2.41. The maximum Gasteiger partial charge on any atom is 0.305 e. The SMILES string of the molecule is Cc1ccc(F)cc1S(=O)(=O)NC1(CC(=O)O)CCC1. The minimum absolute atomic E-state index is 0.144. The number of rotatable bonds is 5. The molecule has 2 rings (SSSR count). The molecule has 1 aromatic rings. The maximum atomic E-state index is 13.2. The fraction of sp³-hybridized carbons (Fsp3) is 0.462. The largest absolute Gasteiger partial charge is 0.481 e. The summed E-state index contributed by atoms with van der Waals surface area (Å²) in [5, 5.41) is 8.89. The lowest BCUT2D eigenvalue weighted by Crippen LogP contribution is -2.54. The zero-order valence-electron chi connectivity index (χ0n) is 11.0. The summed E-state index contributed by atoms with van der Waals surface area (Å²) in [6.07, 6.45) is 1.47. The number of halogens is 1. The van der Waals surface area contributed by atoms with Crippen LogP contribution < -0.4 is 4.72 Å². The van der Waals surface area contributed by atoms with Crippen molar-refractivity contribution < 1.29 is 22.7 Å². The predicted octanol–water partition coefficient (Wildman–Crippen LogP) is 1.81. The highest BCUT2D eigenvalue weighted by Crippen LogP contribution is 2.36. The molecule has 0 aliphatic heterocycles. The average Bonchev–Trinajstić information content (AvgIpc) is 2.28. The van der Waals surface area contributed by atoms with Crippen LogP contribution in [0.3, 0.4) is 0 Å². The third-order valence-corrected chi connectivity index (χ3v) is 5.31. The van der Waals surface area contributed by atoms with Crippen LogP contribution in [0.1, 0.15) is 31.2 Å². The zero-order chi connectivity index (χ0) is 15.0. The first-order valence-electron chi connectivity index (χ1n) is 6.26. The number of nitrogens with one attached hydrogen (secondary N) is 1. The van der Waals surface area contributed by atoms with Crippen molar-refractivity contribution >= 4 is 16.0 Å². The van der Waals surface area contributed by atoms with Crippen molar-refractivity contribution in [1.82, 2.24) is 4.72 Å². The smallest absolute Gasteiger partial charge is 0.305 e. The molecule has 5 nitrogen and oxygen atoms in total. The van der Waals surface area contributed by atoms with Gasteiger partial charge >= 0.3 is 5.97 Å². The Balaban J connectivity index is 2.31. The Labute approximate surface area is 116 Å². The normalized spacial score (nSPS) is 17.5. The highest BCUT2D eigenvalue weighted by molar-refractivity contribution is 7.89. The molecule has 7 heteroatoms. The Hall–Kier alpha value is -1.47. The molecule has 1 fully saturated rings. The summed E-state index contributed by atoms with van der Waals surface area (Å²) in [7, 11) is -3.93. The van der Waals surface area contributed by atoms with Crippen LogP contribution in [0.15, 0.2) is 23.1 Å². The summed E-state index contributed by atoms with van der Waals surface area (Å²) < 4.78 is 40.3. The van der Waals surface area contributed by atoms with Gasteiger partial charge in [-0.15, -0.1) is 0 Å². The Morgan fingerprint density at radius 1 is 1.45 bits per heavy atom. The van der Waals surface area contributed by atoms with Crippen molar-refractivity contribution in [3.05, 3.63) is 29.6 Å². The lowest BCUT2D eigenvalue weighted by atomic mass is 9.75. The van der Waals surface area contributed by atoms with Crippen LogP contribution in [0.4, 0.5) is 4.39 Å². The zero-order valence-corrected chi connectivity index (χ0v) is 11.8. The van der Waals surface area contributed by atoms with E-state index in [9.17, 15) is 17.6 Å². The van der Waals surface area contributed by atoms with Crippen molar-refractivity contribution in [2.24, 2.45) is 0 Å². The molecule has 1 saturated carbocycles. The van der Waals surface area contributed by atoms with E-state index in [1.54, 1.807) is 6.92 Å². The maximum absolute atomic E-state index is 13.2. The molecule has 0 amide bonds. The summed E-state index contributed by atoms with van der Waals surface area (Å²) in [5.41, 5.74) is -0.521. The topological polar surface area (TPSA) is 83.5 Å². The number of benzene rings is 1. The van der Waals surface area contributed by atoms with E-state index in [0.29, 0.717) is 18.4 Å². The van der Waals surface area contributed by atoms with Crippen LogP contribution in [-0.2, 0) is 14.8 Å². The van der Waals surface area contributed by atoms with Gasteiger partial charge in [-0.3, -0.25) is 4.79 Å². The molecule has 0 heterocycles. The summed E-state index contributed by atoms with van der Waals surface area (Å²) in [4.78, 5) is 10.7. The third-order valence-electron chi connectivity index (χ3n) is 3.59. The van der Waals surface area contributed by atoms with Crippen molar-refractivity contribution in [1.29, 1.82) is 0 Å². The van der Waals surface area contributed by atoms with Gasteiger partial charge in [0.25, 0.3) is 0 Å². The molecule has 110 valence electrons. The van der Waals surface area contributed by atoms with Gasteiger partial charge in [0.2, 0.25) is 10.0 Å². The highest BCUT2D eigenvalue weighted by Gasteiger charge is 2.42.